The summed E-state index contributed by atoms with van der Waals surface area (Å²) in [6.45, 7) is 2.87. The molecule has 0 atom stereocenters. The maximum Gasteiger partial charge on any atom is 0.128 e. The molecule has 0 aromatic heterocycles. The lowest BCUT2D eigenvalue weighted by molar-refractivity contribution is 0.218. The first-order chi connectivity index (χ1) is 14.2. The molecule has 3 nitrogen and oxygen atoms in total. The highest BCUT2D eigenvalue weighted by atomic mass is 16.3. The fourth-order valence-electron chi connectivity index (χ4n) is 4.65. The molecule has 1 aliphatic heterocycles. The van der Waals surface area contributed by atoms with E-state index in [1.54, 1.807) is 6.07 Å². The Balaban J connectivity index is 1.77. The van der Waals surface area contributed by atoms with Gasteiger partial charge < -0.3 is 10.2 Å². The van der Waals surface area contributed by atoms with Gasteiger partial charge in [-0.05, 0) is 59.6 Å². The van der Waals surface area contributed by atoms with Gasteiger partial charge in [0.15, 0.2) is 0 Å². The number of fused-ring (bicyclic) bond motifs is 2. The summed E-state index contributed by atoms with van der Waals surface area (Å²) in [4.78, 5) is 2.42. The Morgan fingerprint density at radius 2 is 1.34 bits per heavy atom. The third-order valence-corrected chi connectivity index (χ3v) is 6.10. The van der Waals surface area contributed by atoms with Crippen LogP contribution in [-0.2, 0) is 6.54 Å². The van der Waals surface area contributed by atoms with E-state index in [4.69, 9.17) is 0 Å². The molecule has 1 heterocycles. The van der Waals surface area contributed by atoms with Crippen LogP contribution in [0.4, 0.5) is 0 Å². The van der Waals surface area contributed by atoms with E-state index in [1.807, 2.05) is 48.5 Å². The molecule has 5 rings (SSSR count). The maximum atomic E-state index is 11.4. The van der Waals surface area contributed by atoms with E-state index in [-0.39, 0.29) is 11.5 Å². The molecule has 0 radical (unpaired) electrons. The van der Waals surface area contributed by atoms with Gasteiger partial charge in [0.1, 0.15) is 11.5 Å². The average molecular weight is 383 g/mol. The van der Waals surface area contributed by atoms with Crippen molar-refractivity contribution < 1.29 is 10.2 Å². The second-order valence-corrected chi connectivity index (χ2v) is 8.00. The van der Waals surface area contributed by atoms with Crippen LogP contribution in [0.15, 0.2) is 66.7 Å². The van der Waals surface area contributed by atoms with Crippen LogP contribution in [-0.4, -0.2) is 28.2 Å². The van der Waals surface area contributed by atoms with E-state index in [0.717, 1.165) is 52.3 Å². The summed E-state index contributed by atoms with van der Waals surface area (Å²) in [6.07, 6.45) is 3.71. The van der Waals surface area contributed by atoms with Crippen molar-refractivity contribution in [2.24, 2.45) is 0 Å². The third kappa shape index (κ3) is 3.22. The Hall–Kier alpha value is -3.04. The first-order valence-corrected chi connectivity index (χ1v) is 10.4. The van der Waals surface area contributed by atoms with Gasteiger partial charge in [-0.2, -0.15) is 0 Å². The summed E-state index contributed by atoms with van der Waals surface area (Å²) in [5.41, 5.74) is 2.36. The zero-order valence-corrected chi connectivity index (χ0v) is 16.4. The molecule has 1 saturated heterocycles. The van der Waals surface area contributed by atoms with Gasteiger partial charge in [-0.3, -0.25) is 4.90 Å². The summed E-state index contributed by atoms with van der Waals surface area (Å²) in [7, 11) is 0. The predicted octanol–water partition coefficient (Wildman–Crippen LogP) is 6.06. The van der Waals surface area contributed by atoms with Gasteiger partial charge in [-0.15, -0.1) is 0 Å². The van der Waals surface area contributed by atoms with Crippen molar-refractivity contribution in [3.63, 3.8) is 0 Å². The molecule has 1 aliphatic rings. The van der Waals surface area contributed by atoms with Gasteiger partial charge >= 0.3 is 0 Å². The Bertz CT molecular complexity index is 1190. The highest BCUT2D eigenvalue weighted by molar-refractivity contribution is 6.10. The number of hydrogen-bond donors (Lipinski definition) is 2. The molecule has 0 amide bonds. The molecule has 0 unspecified atom stereocenters. The van der Waals surface area contributed by atoms with E-state index in [9.17, 15) is 10.2 Å². The maximum absolute atomic E-state index is 11.4. The molecule has 2 N–H and O–H groups in total. The number of benzene rings is 4. The zero-order chi connectivity index (χ0) is 19.8. The molecular weight excluding hydrogens is 358 g/mol. The van der Waals surface area contributed by atoms with Crippen LogP contribution in [0.1, 0.15) is 24.8 Å². The molecule has 0 spiro atoms. The fourth-order valence-corrected chi connectivity index (χ4v) is 4.65. The summed E-state index contributed by atoms with van der Waals surface area (Å²) in [5, 5.41) is 26.3. The van der Waals surface area contributed by atoms with Crippen molar-refractivity contribution in [3.8, 4) is 22.6 Å². The molecule has 1 fully saturated rings. The van der Waals surface area contributed by atoms with Crippen LogP contribution >= 0.6 is 0 Å². The summed E-state index contributed by atoms with van der Waals surface area (Å²) < 4.78 is 0. The van der Waals surface area contributed by atoms with Gasteiger partial charge in [0.25, 0.3) is 0 Å². The van der Waals surface area contributed by atoms with E-state index in [0.29, 0.717) is 5.56 Å². The zero-order valence-electron chi connectivity index (χ0n) is 16.4. The first kappa shape index (κ1) is 18.0. The molecule has 0 aliphatic carbocycles. The van der Waals surface area contributed by atoms with Gasteiger partial charge in [0, 0.05) is 23.2 Å². The number of phenolic OH excluding ortho intramolecular Hbond substituents is 2. The third-order valence-electron chi connectivity index (χ3n) is 6.10. The largest absolute Gasteiger partial charge is 0.507 e. The number of hydrogen-bond acceptors (Lipinski definition) is 3. The predicted molar refractivity (Wildman–Crippen MR) is 119 cm³/mol. The standard InChI is InChI=1S/C26H25NO2/c28-23-13-12-18-8-2-4-10-21(18)24(23)25-22-11-5-3-9-19(22)16-20(26(25)29)17-27-14-6-1-7-15-27/h2-5,8-13,16,28-29H,1,6-7,14-15,17H2. The second kappa shape index (κ2) is 7.41. The van der Waals surface area contributed by atoms with E-state index < -0.39 is 0 Å². The molecule has 0 bridgehead atoms. The minimum atomic E-state index is 0.194. The van der Waals surface area contributed by atoms with Gasteiger partial charge in [0.05, 0.1) is 0 Å². The van der Waals surface area contributed by atoms with Crippen molar-refractivity contribution in [2.75, 3.05) is 13.1 Å². The number of piperidine rings is 1. The highest BCUT2D eigenvalue weighted by Crippen LogP contribution is 2.46. The lowest BCUT2D eigenvalue weighted by Gasteiger charge is -2.27. The van der Waals surface area contributed by atoms with E-state index >= 15 is 0 Å². The molecule has 3 heteroatoms. The monoisotopic (exact) mass is 383 g/mol. The number of aromatic hydroxyl groups is 2. The fraction of sp³-hybridized carbons (Fsp3) is 0.231. The topological polar surface area (TPSA) is 43.7 Å². The van der Waals surface area contributed by atoms with Crippen LogP contribution in [0.2, 0.25) is 0 Å². The smallest absolute Gasteiger partial charge is 0.128 e. The second-order valence-electron chi connectivity index (χ2n) is 8.00. The Kier molecular flexibility index (Phi) is 4.61. The van der Waals surface area contributed by atoms with Crippen molar-refractivity contribution in [1.82, 2.24) is 4.90 Å². The summed E-state index contributed by atoms with van der Waals surface area (Å²) in [5.74, 6) is 0.472. The van der Waals surface area contributed by atoms with E-state index in [1.165, 1.54) is 19.3 Å². The SMILES string of the molecule is Oc1ccc2ccccc2c1-c1c(O)c(CN2CCCCC2)cc2ccccc12. The minimum Gasteiger partial charge on any atom is -0.507 e. The Labute approximate surface area is 170 Å². The molecule has 0 saturated carbocycles. The summed E-state index contributed by atoms with van der Waals surface area (Å²) in [6, 6.07) is 21.9. The highest BCUT2D eigenvalue weighted by Gasteiger charge is 2.21. The van der Waals surface area contributed by atoms with Crippen LogP contribution in [0.3, 0.4) is 0 Å². The number of nitrogens with zero attached hydrogens (tertiary/aromatic N) is 1. The molecule has 29 heavy (non-hydrogen) atoms. The van der Waals surface area contributed by atoms with Crippen LogP contribution in [0.25, 0.3) is 32.7 Å². The van der Waals surface area contributed by atoms with Crippen molar-refractivity contribution in [1.29, 1.82) is 0 Å². The lowest BCUT2D eigenvalue weighted by atomic mass is 9.90. The van der Waals surface area contributed by atoms with E-state index in [2.05, 4.69) is 17.0 Å². The number of rotatable bonds is 3. The normalized spacial score (nSPS) is 15.2. The Morgan fingerprint density at radius 3 is 2.10 bits per heavy atom. The van der Waals surface area contributed by atoms with Crippen LogP contribution in [0.5, 0.6) is 11.5 Å². The minimum absolute atomic E-state index is 0.194. The number of phenols is 2. The summed E-state index contributed by atoms with van der Waals surface area (Å²) >= 11 is 0. The molecule has 4 aromatic carbocycles. The van der Waals surface area contributed by atoms with Gasteiger partial charge in [-0.25, -0.2) is 0 Å². The van der Waals surface area contributed by atoms with Crippen LogP contribution < -0.4 is 0 Å². The van der Waals surface area contributed by atoms with Gasteiger partial charge in [0.2, 0.25) is 0 Å². The average Bonchev–Trinajstić information content (AvgIpc) is 2.76. The molecule has 146 valence electrons. The Morgan fingerprint density at radius 1 is 0.690 bits per heavy atom. The van der Waals surface area contributed by atoms with Crippen molar-refractivity contribution in [2.45, 2.75) is 25.8 Å². The van der Waals surface area contributed by atoms with Gasteiger partial charge in [-0.1, -0.05) is 61.0 Å². The van der Waals surface area contributed by atoms with Crippen LogP contribution in [0, 0.1) is 0 Å². The van der Waals surface area contributed by atoms with Crippen molar-refractivity contribution >= 4 is 21.5 Å². The first-order valence-electron chi connectivity index (χ1n) is 10.4. The lowest BCUT2D eigenvalue weighted by Crippen LogP contribution is -2.29. The number of likely N-dealkylation sites (tertiary alicyclic amines) is 1. The van der Waals surface area contributed by atoms with Crippen molar-refractivity contribution in [3.05, 3.63) is 72.3 Å². The quantitative estimate of drug-likeness (QED) is 0.452. The molecular formula is C26H25NO2. The molecule has 4 aromatic rings.